The summed E-state index contributed by atoms with van der Waals surface area (Å²) in [6.45, 7) is 0. The zero-order valence-electron chi connectivity index (χ0n) is 17.6. The van der Waals surface area contributed by atoms with E-state index < -0.39 is 0 Å². The van der Waals surface area contributed by atoms with Crippen molar-refractivity contribution < 1.29 is 4.39 Å². The molecule has 0 saturated heterocycles. The fourth-order valence-corrected chi connectivity index (χ4v) is 3.86. The van der Waals surface area contributed by atoms with Crippen LogP contribution in [-0.2, 0) is 7.05 Å². The highest BCUT2D eigenvalue weighted by Gasteiger charge is 2.14. The van der Waals surface area contributed by atoms with E-state index in [1.165, 1.54) is 16.8 Å². The van der Waals surface area contributed by atoms with Crippen molar-refractivity contribution in [2.45, 2.75) is 0 Å². The number of aryl methyl sites for hydroxylation is 1. The van der Waals surface area contributed by atoms with Crippen molar-refractivity contribution in [3.63, 3.8) is 0 Å². The summed E-state index contributed by atoms with van der Waals surface area (Å²) in [5, 5.41) is 18.8. The van der Waals surface area contributed by atoms with E-state index in [4.69, 9.17) is 17.0 Å². The van der Waals surface area contributed by atoms with E-state index >= 15 is 0 Å². The first-order chi connectivity index (χ1) is 16.0. The molecule has 0 radical (unpaired) electrons. The van der Waals surface area contributed by atoms with Crippen LogP contribution in [0.15, 0.2) is 72.9 Å². The van der Waals surface area contributed by atoms with E-state index in [1.807, 2.05) is 43.6 Å². The Bertz CT molecular complexity index is 1570. The van der Waals surface area contributed by atoms with E-state index in [-0.39, 0.29) is 11.3 Å². The molecule has 0 unspecified atom stereocenters. The summed E-state index contributed by atoms with van der Waals surface area (Å²) >= 11 is 6.19. The van der Waals surface area contributed by atoms with Crippen LogP contribution in [0.5, 0.6) is 0 Å². The summed E-state index contributed by atoms with van der Waals surface area (Å²) < 4.78 is 16.6. The molecule has 6 nitrogen and oxygen atoms in total. The van der Waals surface area contributed by atoms with Gasteiger partial charge in [-0.3, -0.25) is 10.1 Å². The van der Waals surface area contributed by atoms with Crippen LogP contribution in [0.1, 0.15) is 5.56 Å². The highest BCUT2D eigenvalue weighted by atomic mass is 35.5. The molecule has 3 heterocycles. The van der Waals surface area contributed by atoms with Crippen molar-refractivity contribution in [1.82, 2.24) is 24.5 Å². The zero-order chi connectivity index (χ0) is 22.9. The van der Waals surface area contributed by atoms with Gasteiger partial charge in [-0.05, 0) is 60.2 Å². The number of para-hydroxylation sites is 1. The van der Waals surface area contributed by atoms with E-state index in [1.54, 1.807) is 41.2 Å². The van der Waals surface area contributed by atoms with Crippen LogP contribution in [0, 0.1) is 11.2 Å². The molecular weight excluding hydrogens is 439 g/mol. The molecule has 0 saturated carbocycles. The van der Waals surface area contributed by atoms with Crippen LogP contribution in [0.2, 0.25) is 5.15 Å². The van der Waals surface area contributed by atoms with Gasteiger partial charge < -0.3 is 0 Å². The molecule has 0 fully saturated rings. The first-order valence-electron chi connectivity index (χ1n) is 10.2. The minimum Gasteiger partial charge on any atom is -0.283 e. The molecule has 8 heteroatoms. The Balaban J connectivity index is 1.57. The molecule has 0 aliphatic heterocycles. The van der Waals surface area contributed by atoms with Gasteiger partial charge in [-0.25, -0.2) is 14.1 Å². The molecule has 0 atom stereocenters. The van der Waals surface area contributed by atoms with Crippen LogP contribution in [0.3, 0.4) is 0 Å². The van der Waals surface area contributed by atoms with Gasteiger partial charge in [0.25, 0.3) is 0 Å². The van der Waals surface area contributed by atoms with Crippen LogP contribution in [0.4, 0.5) is 4.39 Å². The highest BCUT2D eigenvalue weighted by Crippen LogP contribution is 2.29. The lowest BCUT2D eigenvalue weighted by atomic mass is 10.1. The molecule has 0 aliphatic rings. The fraction of sp³-hybridized carbons (Fsp3) is 0.0400. The predicted molar refractivity (Wildman–Crippen MR) is 128 cm³/mol. The Kier molecular flexibility index (Phi) is 5.32. The second-order valence-electron chi connectivity index (χ2n) is 7.49. The number of pyridine rings is 1. The van der Waals surface area contributed by atoms with Crippen molar-refractivity contribution in [3.8, 4) is 22.5 Å². The van der Waals surface area contributed by atoms with Crippen LogP contribution < -0.4 is 5.49 Å². The van der Waals surface area contributed by atoms with Gasteiger partial charge in [0, 0.05) is 36.0 Å². The summed E-state index contributed by atoms with van der Waals surface area (Å²) in [6, 6.07) is 19.1. The fourth-order valence-electron chi connectivity index (χ4n) is 3.65. The summed E-state index contributed by atoms with van der Waals surface area (Å²) in [5.41, 5.74) is 4.77. The third-order valence-electron chi connectivity index (χ3n) is 5.20. The average Bonchev–Trinajstić information content (AvgIpc) is 3.20. The topological polar surface area (TPSA) is 72.4 Å². The molecule has 1 N–H and O–H groups in total. The van der Waals surface area contributed by atoms with E-state index in [9.17, 15) is 4.39 Å². The third kappa shape index (κ3) is 4.18. The lowest BCUT2D eigenvalue weighted by molar-refractivity contribution is 0.628. The Morgan fingerprint density at radius 2 is 1.79 bits per heavy atom. The van der Waals surface area contributed by atoms with Gasteiger partial charge >= 0.3 is 0 Å². The maximum atomic E-state index is 13.4. The Hall–Kier alpha value is -4.10. The zero-order valence-corrected chi connectivity index (χ0v) is 18.3. The van der Waals surface area contributed by atoms with Gasteiger partial charge in [-0.2, -0.15) is 10.2 Å². The molecule has 5 rings (SSSR count). The summed E-state index contributed by atoms with van der Waals surface area (Å²) in [5.74, 6) is -0.306. The number of nitrogens with zero attached hydrogens (tertiary/aromatic N) is 5. The van der Waals surface area contributed by atoms with Crippen molar-refractivity contribution in [1.29, 1.82) is 5.41 Å². The number of fused-ring (bicyclic) bond motifs is 1. The van der Waals surface area contributed by atoms with Crippen molar-refractivity contribution in [2.75, 3.05) is 0 Å². The maximum absolute atomic E-state index is 13.4. The Morgan fingerprint density at radius 1 is 1.00 bits per heavy atom. The second-order valence-corrected chi connectivity index (χ2v) is 7.87. The van der Waals surface area contributed by atoms with Crippen molar-refractivity contribution in [3.05, 3.63) is 94.9 Å². The summed E-state index contributed by atoms with van der Waals surface area (Å²) in [6.07, 6.45) is 5.43. The number of aromatic nitrogens is 5. The smallest absolute Gasteiger partial charge is 0.146 e. The third-order valence-corrected chi connectivity index (χ3v) is 5.39. The standard InChI is InChI=1S/C25H18ClFN6/c1-32-15-20(25(31-32)16-6-8-18(27)9-7-16)22-10-11-24(28)33(30-22)13-12-17-14-23(26)29-21-5-3-2-4-19(17)21/h2-15,28H,1H3/b13-12+,28-24?. The van der Waals surface area contributed by atoms with Gasteiger partial charge in [0.2, 0.25) is 0 Å². The molecule has 33 heavy (non-hydrogen) atoms. The van der Waals surface area contributed by atoms with Gasteiger partial charge in [-0.1, -0.05) is 29.8 Å². The number of hydrogen-bond acceptors (Lipinski definition) is 4. The van der Waals surface area contributed by atoms with E-state index in [0.29, 0.717) is 16.5 Å². The first kappa shape index (κ1) is 20.8. The largest absolute Gasteiger partial charge is 0.283 e. The van der Waals surface area contributed by atoms with Crippen LogP contribution in [-0.4, -0.2) is 24.5 Å². The molecule has 0 spiro atoms. The molecule has 0 bridgehead atoms. The quantitative estimate of drug-likeness (QED) is 0.368. The number of hydrogen-bond donors (Lipinski definition) is 1. The molecule has 0 amide bonds. The Morgan fingerprint density at radius 3 is 2.61 bits per heavy atom. The predicted octanol–water partition coefficient (Wildman–Crippen LogP) is 5.40. The minimum atomic E-state index is -0.306. The van der Waals surface area contributed by atoms with Crippen LogP contribution in [0.25, 0.3) is 45.7 Å². The number of halogens is 2. The monoisotopic (exact) mass is 456 g/mol. The molecule has 0 aliphatic carbocycles. The van der Waals surface area contributed by atoms with E-state index in [2.05, 4.69) is 15.2 Å². The average molecular weight is 457 g/mol. The molecule has 2 aromatic carbocycles. The van der Waals surface area contributed by atoms with Gasteiger partial charge in [0.15, 0.2) is 0 Å². The Labute approximate surface area is 193 Å². The number of rotatable bonds is 4. The van der Waals surface area contributed by atoms with Gasteiger partial charge in [-0.15, -0.1) is 0 Å². The summed E-state index contributed by atoms with van der Waals surface area (Å²) in [7, 11) is 1.82. The lowest BCUT2D eigenvalue weighted by Crippen LogP contribution is -2.17. The molecule has 3 aromatic heterocycles. The molecular formula is C25H18ClFN6. The SMILES string of the molecule is Cn1cc(-c2ccc(=N)n(/C=C/c3cc(Cl)nc4ccccc34)n2)c(-c2ccc(F)cc2)n1. The van der Waals surface area contributed by atoms with Crippen molar-refractivity contribution >= 4 is 34.8 Å². The number of benzene rings is 2. The molecule has 162 valence electrons. The normalized spacial score (nSPS) is 11.5. The molecule has 5 aromatic rings. The van der Waals surface area contributed by atoms with Crippen molar-refractivity contribution in [2.24, 2.45) is 7.05 Å². The lowest BCUT2D eigenvalue weighted by Gasteiger charge is -2.06. The highest BCUT2D eigenvalue weighted by molar-refractivity contribution is 6.30. The first-order valence-corrected chi connectivity index (χ1v) is 10.5. The maximum Gasteiger partial charge on any atom is 0.146 e. The van der Waals surface area contributed by atoms with Crippen LogP contribution >= 0.6 is 11.6 Å². The van der Waals surface area contributed by atoms with Gasteiger partial charge in [0.05, 0.1) is 11.2 Å². The number of nitrogens with one attached hydrogen (secondary N) is 1. The minimum absolute atomic E-state index is 0.215. The van der Waals surface area contributed by atoms with Gasteiger partial charge in [0.1, 0.15) is 22.2 Å². The summed E-state index contributed by atoms with van der Waals surface area (Å²) in [4.78, 5) is 4.35. The van der Waals surface area contributed by atoms with E-state index in [0.717, 1.165) is 27.6 Å². The second kappa shape index (κ2) is 8.44.